The van der Waals surface area contributed by atoms with Crippen molar-refractivity contribution in [2.75, 3.05) is 38.3 Å². The van der Waals surface area contributed by atoms with Crippen LogP contribution in [0.2, 0.25) is 0 Å². The molecule has 1 aromatic carbocycles. The Bertz CT molecular complexity index is 1160. The van der Waals surface area contributed by atoms with Gasteiger partial charge in [0, 0.05) is 68.5 Å². The summed E-state index contributed by atoms with van der Waals surface area (Å²) in [4.78, 5) is 33.7. The first kappa shape index (κ1) is 30.0. The first-order chi connectivity index (χ1) is 19.2. The third-order valence-electron chi connectivity index (χ3n) is 8.56. The van der Waals surface area contributed by atoms with Crippen LogP contribution in [-0.4, -0.2) is 62.3 Å². The number of carbonyl (C=O) groups excluding carboxylic acids is 2. The molecule has 40 heavy (non-hydrogen) atoms. The van der Waals surface area contributed by atoms with Gasteiger partial charge in [-0.05, 0) is 81.2 Å². The Morgan fingerprint density at radius 2 is 1.98 bits per heavy atom. The zero-order valence-corrected chi connectivity index (χ0v) is 25.0. The molecular formula is C32H46N4O4. The molecule has 1 aromatic heterocycles. The van der Waals surface area contributed by atoms with Gasteiger partial charge in [-0.3, -0.25) is 14.6 Å². The summed E-state index contributed by atoms with van der Waals surface area (Å²) in [5.74, 6) is 0.227. The summed E-state index contributed by atoms with van der Waals surface area (Å²) >= 11 is 0. The van der Waals surface area contributed by atoms with E-state index in [1.165, 1.54) is 0 Å². The minimum atomic E-state index is -0.241. The van der Waals surface area contributed by atoms with E-state index in [0.29, 0.717) is 30.7 Å². The number of rotatable bonds is 10. The van der Waals surface area contributed by atoms with E-state index in [0.717, 1.165) is 67.1 Å². The Morgan fingerprint density at radius 1 is 1.23 bits per heavy atom. The van der Waals surface area contributed by atoms with E-state index in [1.54, 1.807) is 7.11 Å². The maximum atomic E-state index is 13.8. The highest BCUT2D eigenvalue weighted by Gasteiger charge is 2.37. The van der Waals surface area contributed by atoms with Crippen molar-refractivity contribution in [3.63, 3.8) is 0 Å². The van der Waals surface area contributed by atoms with Gasteiger partial charge in [0.25, 0.3) is 5.91 Å². The van der Waals surface area contributed by atoms with E-state index >= 15 is 0 Å². The molecule has 3 heterocycles. The van der Waals surface area contributed by atoms with Crippen molar-refractivity contribution in [3.05, 3.63) is 47.3 Å². The zero-order valence-electron chi connectivity index (χ0n) is 25.0. The van der Waals surface area contributed by atoms with E-state index in [9.17, 15) is 9.59 Å². The van der Waals surface area contributed by atoms with Crippen LogP contribution in [0.1, 0.15) is 68.6 Å². The summed E-state index contributed by atoms with van der Waals surface area (Å²) in [5.41, 5.74) is 5.37. The summed E-state index contributed by atoms with van der Waals surface area (Å²) in [7, 11) is 1.66. The number of carbonyl (C=O) groups is 2. The van der Waals surface area contributed by atoms with E-state index in [4.69, 9.17) is 9.47 Å². The summed E-state index contributed by atoms with van der Waals surface area (Å²) in [5, 5.41) is 6.22. The lowest BCUT2D eigenvalue weighted by atomic mass is 9.76. The molecule has 0 radical (unpaired) electrons. The molecule has 4 rings (SSSR count). The first-order valence-electron chi connectivity index (χ1n) is 14.7. The highest BCUT2D eigenvalue weighted by Crippen LogP contribution is 2.34. The lowest BCUT2D eigenvalue weighted by molar-refractivity contribution is -0.130. The number of amides is 2. The molecule has 2 aliphatic rings. The number of piperidine rings is 1. The minimum Gasteiger partial charge on any atom is -0.381 e. The van der Waals surface area contributed by atoms with Crippen LogP contribution in [0, 0.1) is 24.7 Å². The predicted octanol–water partition coefficient (Wildman–Crippen LogP) is 4.74. The van der Waals surface area contributed by atoms with Crippen molar-refractivity contribution in [2.45, 2.75) is 72.6 Å². The summed E-state index contributed by atoms with van der Waals surface area (Å²) < 4.78 is 10.9. The van der Waals surface area contributed by atoms with Gasteiger partial charge >= 0.3 is 0 Å². The summed E-state index contributed by atoms with van der Waals surface area (Å²) in [6.07, 6.45) is 4.68. The largest absolute Gasteiger partial charge is 0.381 e. The van der Waals surface area contributed by atoms with Crippen molar-refractivity contribution in [1.82, 2.24) is 15.6 Å². The quantitative estimate of drug-likeness (QED) is 0.444. The Kier molecular flexibility index (Phi) is 10.2. The fraction of sp³-hybridized carbons (Fsp3) is 0.594. The molecule has 0 aliphatic carbocycles. The van der Waals surface area contributed by atoms with Crippen LogP contribution >= 0.6 is 0 Å². The molecule has 2 amide bonds. The van der Waals surface area contributed by atoms with Crippen molar-refractivity contribution < 1.29 is 19.1 Å². The number of benzene rings is 1. The van der Waals surface area contributed by atoms with Gasteiger partial charge in [-0.1, -0.05) is 19.9 Å². The Hall–Kier alpha value is -2.97. The highest BCUT2D eigenvalue weighted by atomic mass is 16.5. The molecule has 2 aromatic rings. The van der Waals surface area contributed by atoms with E-state index in [1.807, 2.05) is 38.2 Å². The average Bonchev–Trinajstić information content (AvgIpc) is 2.94. The molecule has 0 bridgehead atoms. The van der Waals surface area contributed by atoms with Crippen molar-refractivity contribution in [2.24, 2.45) is 17.8 Å². The van der Waals surface area contributed by atoms with Crippen molar-refractivity contribution >= 4 is 17.5 Å². The van der Waals surface area contributed by atoms with E-state index in [-0.39, 0.29) is 29.7 Å². The molecule has 2 N–H and O–H groups in total. The van der Waals surface area contributed by atoms with Gasteiger partial charge < -0.3 is 25.0 Å². The van der Waals surface area contributed by atoms with Gasteiger partial charge in [-0.2, -0.15) is 0 Å². The molecule has 3 unspecified atom stereocenters. The lowest BCUT2D eigenvalue weighted by Gasteiger charge is -2.37. The molecule has 8 heteroatoms. The molecule has 2 aliphatic heterocycles. The molecule has 3 atom stereocenters. The smallest absolute Gasteiger partial charge is 0.251 e. The van der Waals surface area contributed by atoms with Crippen LogP contribution < -0.4 is 15.5 Å². The van der Waals surface area contributed by atoms with E-state index < -0.39 is 0 Å². The Morgan fingerprint density at radius 3 is 2.60 bits per heavy atom. The zero-order chi connectivity index (χ0) is 28.8. The van der Waals surface area contributed by atoms with Crippen LogP contribution in [0.3, 0.4) is 0 Å². The molecular weight excluding hydrogens is 504 g/mol. The molecule has 0 saturated carbocycles. The third kappa shape index (κ3) is 6.84. The number of nitrogens with one attached hydrogen (secondary N) is 2. The van der Waals surface area contributed by atoms with Gasteiger partial charge in [0.05, 0.1) is 18.2 Å². The normalized spacial score (nSPS) is 21.8. The lowest BCUT2D eigenvalue weighted by Crippen LogP contribution is -2.52. The van der Waals surface area contributed by atoms with Gasteiger partial charge in [0.1, 0.15) is 0 Å². The number of anilines is 1. The van der Waals surface area contributed by atoms with Gasteiger partial charge in [-0.15, -0.1) is 0 Å². The second-order valence-electron chi connectivity index (χ2n) is 11.6. The van der Waals surface area contributed by atoms with Gasteiger partial charge in [0.2, 0.25) is 5.91 Å². The van der Waals surface area contributed by atoms with Crippen LogP contribution in [0.4, 0.5) is 5.69 Å². The van der Waals surface area contributed by atoms with E-state index in [2.05, 4.69) is 47.4 Å². The number of methoxy groups -OCH3 is 1. The number of ether oxygens (including phenoxy) is 2. The second kappa shape index (κ2) is 13.6. The Balaban J connectivity index is 1.67. The van der Waals surface area contributed by atoms with Gasteiger partial charge in [-0.25, -0.2) is 0 Å². The maximum Gasteiger partial charge on any atom is 0.251 e. The minimum absolute atomic E-state index is 0.0304. The molecule has 2 saturated heterocycles. The monoisotopic (exact) mass is 550 g/mol. The summed E-state index contributed by atoms with van der Waals surface area (Å²) in [6.45, 7) is 13.7. The van der Waals surface area contributed by atoms with Crippen LogP contribution in [0.5, 0.6) is 0 Å². The fourth-order valence-electron chi connectivity index (χ4n) is 6.30. The summed E-state index contributed by atoms with van der Waals surface area (Å²) in [6, 6.07) is 8.64. The number of nitrogens with zero attached hydrogens (tertiary/aromatic N) is 2. The number of hydrogen-bond donors (Lipinski definition) is 2. The number of pyridine rings is 1. The standard InChI is InChI=1S/C32H46N4O4/c1-7-36(26-10-12-40-13-11-26)30-16-24(23-8-9-25(19-39-6)33-17-23)15-28(22(30)5)31(37)34-18-29-27(20(2)3)14-21(4)35-32(29)38/h8-9,15-17,20-21,26-27,29H,7,10-14,18-19H2,1-6H3,(H,34,37)(H,35,38). The SMILES string of the molecule is CCN(c1cc(-c2ccc(COC)nc2)cc(C(=O)NCC2C(=O)NC(C)CC2C(C)C)c1C)C1CCOCC1. The third-order valence-corrected chi connectivity index (χ3v) is 8.56. The van der Waals surface area contributed by atoms with Crippen LogP contribution in [0.15, 0.2) is 30.5 Å². The fourth-order valence-corrected chi connectivity index (χ4v) is 6.30. The molecule has 8 nitrogen and oxygen atoms in total. The maximum absolute atomic E-state index is 13.8. The Labute approximate surface area is 239 Å². The number of hydrogen-bond acceptors (Lipinski definition) is 6. The molecule has 2 fully saturated rings. The average molecular weight is 551 g/mol. The van der Waals surface area contributed by atoms with Crippen molar-refractivity contribution in [1.29, 1.82) is 0 Å². The van der Waals surface area contributed by atoms with Gasteiger partial charge in [0.15, 0.2) is 0 Å². The number of aromatic nitrogens is 1. The first-order valence-corrected chi connectivity index (χ1v) is 14.7. The predicted molar refractivity (Wildman–Crippen MR) is 158 cm³/mol. The van der Waals surface area contributed by atoms with Crippen LogP contribution in [-0.2, 0) is 20.9 Å². The second-order valence-corrected chi connectivity index (χ2v) is 11.6. The van der Waals surface area contributed by atoms with Crippen molar-refractivity contribution in [3.8, 4) is 11.1 Å². The highest BCUT2D eigenvalue weighted by molar-refractivity contribution is 5.99. The topological polar surface area (TPSA) is 92.8 Å². The van der Waals surface area contributed by atoms with Crippen LogP contribution in [0.25, 0.3) is 11.1 Å². The molecule has 0 spiro atoms. The molecule has 218 valence electrons.